The Labute approximate surface area is 164 Å². The number of hydrogen-bond donors (Lipinski definition) is 0. The van der Waals surface area contributed by atoms with Crippen LogP contribution in [0.25, 0.3) is 5.57 Å². The molecule has 4 rings (SSSR count). The predicted octanol–water partition coefficient (Wildman–Crippen LogP) is 4.43. The summed E-state index contributed by atoms with van der Waals surface area (Å²) >= 11 is 0. The van der Waals surface area contributed by atoms with Gasteiger partial charge in [-0.05, 0) is 35.8 Å². The number of amides is 1. The Morgan fingerprint density at radius 3 is 1.82 bits per heavy atom. The second kappa shape index (κ2) is 7.09. The van der Waals surface area contributed by atoms with Gasteiger partial charge >= 0.3 is 0 Å². The minimum Gasteiger partial charge on any atom is -0.268 e. The molecule has 1 amide bonds. The van der Waals surface area contributed by atoms with E-state index >= 15 is 0 Å². The molecule has 3 aromatic rings. The Balaban J connectivity index is 1.92. The van der Waals surface area contributed by atoms with Crippen LogP contribution >= 0.6 is 0 Å². The fourth-order valence-electron chi connectivity index (χ4n) is 3.64. The quantitative estimate of drug-likeness (QED) is 0.663. The van der Waals surface area contributed by atoms with E-state index in [1.807, 2.05) is 67.6 Å². The third-order valence-electron chi connectivity index (χ3n) is 4.93. The molecule has 0 radical (unpaired) electrons. The normalized spacial score (nSPS) is 17.2. The number of rotatable bonds is 4. The van der Waals surface area contributed by atoms with Crippen molar-refractivity contribution in [2.75, 3.05) is 0 Å². The van der Waals surface area contributed by atoms with Gasteiger partial charge in [0.15, 0.2) is 0 Å². The molecule has 140 valence electrons. The van der Waals surface area contributed by atoms with Gasteiger partial charge in [-0.3, -0.25) is 4.79 Å². The topological polar surface area (TPSA) is 54.5 Å². The minimum absolute atomic E-state index is 0.103. The predicted molar refractivity (Wildman–Crippen MR) is 109 cm³/mol. The zero-order valence-electron chi connectivity index (χ0n) is 15.3. The maximum absolute atomic E-state index is 13.4. The van der Waals surface area contributed by atoms with Crippen LogP contribution in [0.1, 0.15) is 24.1 Å². The van der Waals surface area contributed by atoms with E-state index in [-0.39, 0.29) is 4.90 Å². The number of carbonyl (C=O) groups is 1. The van der Waals surface area contributed by atoms with Crippen LogP contribution in [0.4, 0.5) is 0 Å². The van der Waals surface area contributed by atoms with Crippen molar-refractivity contribution < 1.29 is 13.2 Å². The Morgan fingerprint density at radius 1 is 0.750 bits per heavy atom. The molecule has 1 aliphatic rings. The Hall–Kier alpha value is -3.18. The number of hydrogen-bond acceptors (Lipinski definition) is 3. The Morgan fingerprint density at radius 2 is 1.25 bits per heavy atom. The number of carbonyl (C=O) groups excluding carboxylic acids is 1. The van der Waals surface area contributed by atoms with Crippen molar-refractivity contribution in [3.8, 4) is 0 Å². The van der Waals surface area contributed by atoms with Gasteiger partial charge in [-0.15, -0.1) is 0 Å². The van der Waals surface area contributed by atoms with Crippen LogP contribution in [-0.2, 0) is 14.8 Å². The van der Waals surface area contributed by atoms with Crippen molar-refractivity contribution in [1.82, 2.24) is 4.31 Å². The molecule has 0 N–H and O–H groups in total. The van der Waals surface area contributed by atoms with Gasteiger partial charge in [0.1, 0.15) is 0 Å². The average Bonchev–Trinajstić information content (AvgIpc) is 3.00. The third kappa shape index (κ3) is 2.94. The van der Waals surface area contributed by atoms with Gasteiger partial charge in [0.2, 0.25) is 0 Å². The SMILES string of the molecule is CC1=C(c2ccccc2)C(=O)N(S(=O)(=O)c2ccccc2)C1c1ccccc1. The van der Waals surface area contributed by atoms with Gasteiger partial charge in [-0.2, -0.15) is 0 Å². The minimum atomic E-state index is -4.02. The summed E-state index contributed by atoms with van der Waals surface area (Å²) in [6, 6.07) is 25.9. The van der Waals surface area contributed by atoms with Crippen LogP contribution in [0.3, 0.4) is 0 Å². The molecule has 0 aromatic heterocycles. The van der Waals surface area contributed by atoms with Gasteiger partial charge in [-0.1, -0.05) is 78.9 Å². The smallest absolute Gasteiger partial charge is 0.268 e. The zero-order chi connectivity index (χ0) is 19.7. The highest BCUT2D eigenvalue weighted by atomic mass is 32.2. The van der Waals surface area contributed by atoms with Crippen molar-refractivity contribution in [3.05, 3.63) is 108 Å². The molecule has 0 saturated carbocycles. The van der Waals surface area contributed by atoms with E-state index in [0.717, 1.165) is 21.0 Å². The van der Waals surface area contributed by atoms with E-state index in [0.29, 0.717) is 5.57 Å². The van der Waals surface area contributed by atoms with E-state index in [1.54, 1.807) is 18.2 Å². The molecule has 28 heavy (non-hydrogen) atoms. The fourth-order valence-corrected chi connectivity index (χ4v) is 5.23. The first kappa shape index (κ1) is 18.2. The van der Waals surface area contributed by atoms with Gasteiger partial charge in [0.05, 0.1) is 10.9 Å². The maximum atomic E-state index is 13.4. The average molecular weight is 389 g/mol. The highest BCUT2D eigenvalue weighted by molar-refractivity contribution is 7.89. The van der Waals surface area contributed by atoms with Crippen LogP contribution in [0.15, 0.2) is 101 Å². The summed E-state index contributed by atoms with van der Waals surface area (Å²) in [5.41, 5.74) is 2.64. The van der Waals surface area contributed by atoms with Crippen molar-refractivity contribution in [2.45, 2.75) is 17.9 Å². The monoisotopic (exact) mass is 389 g/mol. The molecular formula is C23H19NO3S. The van der Waals surface area contributed by atoms with E-state index in [9.17, 15) is 13.2 Å². The molecule has 4 nitrogen and oxygen atoms in total. The number of nitrogens with zero attached hydrogens (tertiary/aromatic N) is 1. The first-order valence-electron chi connectivity index (χ1n) is 8.97. The molecule has 1 atom stereocenters. The van der Waals surface area contributed by atoms with Crippen molar-refractivity contribution in [1.29, 1.82) is 0 Å². The van der Waals surface area contributed by atoms with Crippen molar-refractivity contribution in [3.63, 3.8) is 0 Å². The molecule has 3 aromatic carbocycles. The van der Waals surface area contributed by atoms with Gasteiger partial charge in [-0.25, -0.2) is 12.7 Å². The summed E-state index contributed by atoms with van der Waals surface area (Å²) in [5.74, 6) is -0.499. The first-order chi connectivity index (χ1) is 13.5. The Kier molecular flexibility index (Phi) is 4.61. The van der Waals surface area contributed by atoms with E-state index in [2.05, 4.69) is 0 Å². The summed E-state index contributed by atoms with van der Waals surface area (Å²) in [5, 5.41) is 0. The molecule has 0 fully saturated rings. The van der Waals surface area contributed by atoms with Gasteiger partial charge in [0.25, 0.3) is 15.9 Å². The summed E-state index contributed by atoms with van der Waals surface area (Å²) in [6.45, 7) is 1.83. The largest absolute Gasteiger partial charge is 0.269 e. The third-order valence-corrected chi connectivity index (χ3v) is 6.69. The lowest BCUT2D eigenvalue weighted by atomic mass is 9.96. The molecule has 5 heteroatoms. The lowest BCUT2D eigenvalue weighted by molar-refractivity contribution is -0.120. The second-order valence-corrected chi connectivity index (χ2v) is 8.47. The number of sulfonamides is 1. The van der Waals surface area contributed by atoms with Crippen LogP contribution in [0.5, 0.6) is 0 Å². The maximum Gasteiger partial charge on any atom is 0.269 e. The molecule has 1 heterocycles. The van der Waals surface area contributed by atoms with E-state index in [1.165, 1.54) is 12.1 Å². The number of benzene rings is 3. The van der Waals surface area contributed by atoms with Crippen LogP contribution in [-0.4, -0.2) is 18.6 Å². The summed E-state index contributed by atoms with van der Waals surface area (Å²) in [4.78, 5) is 13.5. The van der Waals surface area contributed by atoms with Crippen molar-refractivity contribution in [2.24, 2.45) is 0 Å². The van der Waals surface area contributed by atoms with E-state index < -0.39 is 22.0 Å². The molecule has 0 aliphatic carbocycles. The van der Waals surface area contributed by atoms with Crippen LogP contribution < -0.4 is 0 Å². The summed E-state index contributed by atoms with van der Waals surface area (Å²) < 4.78 is 27.9. The highest BCUT2D eigenvalue weighted by Gasteiger charge is 2.45. The first-order valence-corrected chi connectivity index (χ1v) is 10.4. The molecular weight excluding hydrogens is 370 g/mol. The second-order valence-electron chi connectivity index (χ2n) is 6.66. The molecule has 0 bridgehead atoms. The standard InChI is InChI=1S/C23H19NO3S/c1-17-21(18-11-5-2-6-12-18)23(25)24(22(17)19-13-7-3-8-14-19)28(26,27)20-15-9-4-10-16-20/h2-16,22H,1H3. The fraction of sp³-hybridized carbons (Fsp3) is 0.0870. The van der Waals surface area contributed by atoms with E-state index in [4.69, 9.17) is 0 Å². The molecule has 1 aliphatic heterocycles. The molecule has 0 spiro atoms. The zero-order valence-corrected chi connectivity index (χ0v) is 16.1. The molecule has 1 unspecified atom stereocenters. The van der Waals surface area contributed by atoms with Crippen LogP contribution in [0, 0.1) is 0 Å². The summed E-state index contributed by atoms with van der Waals surface area (Å²) in [6.07, 6.45) is 0. The Bertz CT molecular complexity index is 1140. The lowest BCUT2D eigenvalue weighted by Gasteiger charge is -2.26. The van der Waals surface area contributed by atoms with Crippen molar-refractivity contribution >= 4 is 21.5 Å². The van der Waals surface area contributed by atoms with Gasteiger partial charge < -0.3 is 0 Å². The molecule has 0 saturated heterocycles. The van der Waals surface area contributed by atoms with Crippen LogP contribution in [0.2, 0.25) is 0 Å². The summed E-state index contributed by atoms with van der Waals surface area (Å²) in [7, 11) is -4.02. The highest BCUT2D eigenvalue weighted by Crippen LogP contribution is 2.44. The lowest BCUT2D eigenvalue weighted by Crippen LogP contribution is -2.36. The van der Waals surface area contributed by atoms with Gasteiger partial charge in [0, 0.05) is 5.57 Å².